The van der Waals surface area contributed by atoms with Crippen molar-refractivity contribution in [1.82, 2.24) is 5.32 Å². The molecule has 1 saturated carbocycles. The van der Waals surface area contributed by atoms with E-state index in [1.54, 1.807) is 0 Å². The molecular formula is C13H23N3. The van der Waals surface area contributed by atoms with Gasteiger partial charge in [0.25, 0.3) is 0 Å². The van der Waals surface area contributed by atoms with Gasteiger partial charge in [-0.3, -0.25) is 4.99 Å². The van der Waals surface area contributed by atoms with Gasteiger partial charge in [-0.2, -0.15) is 0 Å². The van der Waals surface area contributed by atoms with Crippen molar-refractivity contribution in [2.75, 3.05) is 6.54 Å². The van der Waals surface area contributed by atoms with E-state index in [4.69, 9.17) is 0 Å². The lowest BCUT2D eigenvalue weighted by molar-refractivity contribution is 0.290. The Morgan fingerprint density at radius 3 is 2.38 bits per heavy atom. The monoisotopic (exact) mass is 221 g/mol. The first-order chi connectivity index (χ1) is 7.62. The zero-order valence-corrected chi connectivity index (χ0v) is 10.7. The highest BCUT2D eigenvalue weighted by Gasteiger charge is 2.38. The van der Waals surface area contributed by atoms with E-state index in [9.17, 15) is 0 Å². The van der Waals surface area contributed by atoms with Crippen molar-refractivity contribution in [3.63, 3.8) is 0 Å². The van der Waals surface area contributed by atoms with Crippen molar-refractivity contribution in [1.29, 1.82) is 0 Å². The Hall–Kier alpha value is -0.700. The maximum Gasteiger partial charge on any atom is 0.143 e. The molecule has 2 rings (SSSR count). The van der Waals surface area contributed by atoms with Crippen LogP contribution >= 0.6 is 0 Å². The Morgan fingerprint density at radius 1 is 1.19 bits per heavy atom. The van der Waals surface area contributed by atoms with E-state index in [0.717, 1.165) is 18.1 Å². The average molecular weight is 221 g/mol. The lowest BCUT2D eigenvalue weighted by Gasteiger charge is -2.38. The van der Waals surface area contributed by atoms with Crippen LogP contribution in [0.25, 0.3) is 0 Å². The third-order valence-electron chi connectivity index (χ3n) is 3.45. The van der Waals surface area contributed by atoms with Gasteiger partial charge in [-0.15, -0.1) is 0 Å². The number of hydrogen-bond acceptors (Lipinski definition) is 3. The maximum absolute atomic E-state index is 4.64. The van der Waals surface area contributed by atoms with Gasteiger partial charge in [0.1, 0.15) is 5.84 Å². The number of nitrogens with one attached hydrogen (secondary N) is 1. The van der Waals surface area contributed by atoms with Gasteiger partial charge in [-0.25, -0.2) is 4.99 Å². The van der Waals surface area contributed by atoms with Gasteiger partial charge in [0.05, 0.1) is 12.1 Å². The molecule has 3 heteroatoms. The fraction of sp³-hybridized carbons (Fsp3) is 0.846. The molecule has 0 aromatic heterocycles. The number of hydrogen-bond donors (Lipinski definition) is 1. The number of rotatable bonds is 3. The molecule has 0 unspecified atom stereocenters. The van der Waals surface area contributed by atoms with Crippen molar-refractivity contribution in [3.05, 3.63) is 0 Å². The second kappa shape index (κ2) is 4.66. The molecule has 0 radical (unpaired) electrons. The van der Waals surface area contributed by atoms with E-state index in [1.165, 1.54) is 32.1 Å². The van der Waals surface area contributed by atoms with E-state index < -0.39 is 0 Å². The average Bonchev–Trinajstić information content (AvgIpc) is 2.66. The largest absolute Gasteiger partial charge is 0.303 e. The predicted molar refractivity (Wildman–Crippen MR) is 69.5 cm³/mol. The highest BCUT2D eigenvalue weighted by Crippen LogP contribution is 2.31. The highest BCUT2D eigenvalue weighted by molar-refractivity contribution is 6.07. The van der Waals surface area contributed by atoms with Gasteiger partial charge < -0.3 is 5.32 Å². The molecule has 0 amide bonds. The molecule has 0 aromatic carbocycles. The molecular weight excluding hydrogens is 198 g/mol. The second-order valence-electron chi connectivity index (χ2n) is 5.43. The third-order valence-corrected chi connectivity index (χ3v) is 3.45. The summed E-state index contributed by atoms with van der Waals surface area (Å²) in [6, 6.07) is 0.497. The Bertz CT molecular complexity index is 309. The van der Waals surface area contributed by atoms with Gasteiger partial charge in [0, 0.05) is 11.8 Å². The first-order valence-corrected chi connectivity index (χ1v) is 6.49. The van der Waals surface area contributed by atoms with Crippen LogP contribution in [0.1, 0.15) is 52.9 Å². The molecule has 0 atom stereocenters. The van der Waals surface area contributed by atoms with Crippen LogP contribution in [-0.4, -0.2) is 29.7 Å². The normalized spacial score (nSPS) is 24.5. The minimum Gasteiger partial charge on any atom is -0.303 e. The molecule has 1 aliphatic heterocycles. The Morgan fingerprint density at radius 2 is 1.88 bits per heavy atom. The molecule has 2 aliphatic rings. The van der Waals surface area contributed by atoms with Crippen LogP contribution in [0, 0.1) is 0 Å². The topological polar surface area (TPSA) is 36.8 Å². The minimum atomic E-state index is 0.0736. The summed E-state index contributed by atoms with van der Waals surface area (Å²) in [5.41, 5.74) is 1.23. The molecule has 1 heterocycles. The smallest absolute Gasteiger partial charge is 0.143 e. The van der Waals surface area contributed by atoms with Gasteiger partial charge in [0.2, 0.25) is 0 Å². The predicted octanol–water partition coefficient (Wildman–Crippen LogP) is 2.56. The Kier molecular flexibility index (Phi) is 3.43. The van der Waals surface area contributed by atoms with E-state index in [1.807, 2.05) is 0 Å². The van der Waals surface area contributed by atoms with Gasteiger partial charge >= 0.3 is 0 Å². The van der Waals surface area contributed by atoms with E-state index in [0.29, 0.717) is 6.04 Å². The highest BCUT2D eigenvalue weighted by atomic mass is 15.1. The minimum absolute atomic E-state index is 0.0736. The van der Waals surface area contributed by atoms with Gasteiger partial charge in [0.15, 0.2) is 0 Å². The number of amidine groups is 1. The second-order valence-corrected chi connectivity index (χ2v) is 5.43. The van der Waals surface area contributed by atoms with Crippen LogP contribution in [0.15, 0.2) is 9.98 Å². The lowest BCUT2D eigenvalue weighted by Crippen LogP contribution is -2.55. The van der Waals surface area contributed by atoms with Crippen LogP contribution in [0.4, 0.5) is 0 Å². The van der Waals surface area contributed by atoms with Crippen LogP contribution < -0.4 is 5.32 Å². The lowest BCUT2D eigenvalue weighted by atomic mass is 9.80. The number of nitrogens with zero attached hydrogens (tertiary/aromatic N) is 2. The van der Waals surface area contributed by atoms with E-state index in [-0.39, 0.29) is 5.54 Å². The molecule has 0 aromatic rings. The van der Waals surface area contributed by atoms with E-state index in [2.05, 4.69) is 36.1 Å². The fourth-order valence-electron chi connectivity index (χ4n) is 2.84. The van der Waals surface area contributed by atoms with Crippen LogP contribution in [0.3, 0.4) is 0 Å². The van der Waals surface area contributed by atoms with Crippen molar-refractivity contribution in [3.8, 4) is 0 Å². The molecule has 0 spiro atoms. The summed E-state index contributed by atoms with van der Waals surface area (Å²) in [6.07, 6.45) is 6.35. The van der Waals surface area contributed by atoms with Crippen molar-refractivity contribution < 1.29 is 0 Å². The Labute approximate surface area is 98.4 Å². The van der Waals surface area contributed by atoms with Crippen LogP contribution in [0.5, 0.6) is 0 Å². The van der Waals surface area contributed by atoms with Crippen molar-refractivity contribution in [2.24, 2.45) is 9.98 Å². The summed E-state index contributed by atoms with van der Waals surface area (Å²) < 4.78 is 0. The fourth-order valence-corrected chi connectivity index (χ4v) is 2.84. The molecule has 1 fully saturated rings. The van der Waals surface area contributed by atoms with Gasteiger partial charge in [-0.1, -0.05) is 19.3 Å². The quantitative estimate of drug-likeness (QED) is 0.781. The summed E-state index contributed by atoms with van der Waals surface area (Å²) in [4.78, 5) is 9.26. The van der Waals surface area contributed by atoms with Gasteiger partial charge in [-0.05, 0) is 33.6 Å². The molecule has 1 aliphatic carbocycles. The summed E-state index contributed by atoms with van der Waals surface area (Å²) >= 11 is 0. The summed E-state index contributed by atoms with van der Waals surface area (Å²) in [5.74, 6) is 1.07. The summed E-state index contributed by atoms with van der Waals surface area (Å²) in [5, 5.41) is 3.72. The standard InChI is InChI=1S/C13H23N3/c1-10(2)16-13(7-5-4-6-8-13)12-14-9-11(3)15-12/h10,16H,4-9H2,1-3H3. The van der Waals surface area contributed by atoms with E-state index >= 15 is 0 Å². The summed E-state index contributed by atoms with van der Waals surface area (Å²) in [6.45, 7) is 7.30. The van der Waals surface area contributed by atoms with Crippen molar-refractivity contribution >= 4 is 11.5 Å². The molecule has 3 nitrogen and oxygen atoms in total. The van der Waals surface area contributed by atoms with Crippen LogP contribution in [-0.2, 0) is 0 Å². The van der Waals surface area contributed by atoms with Crippen LogP contribution in [0.2, 0.25) is 0 Å². The number of aliphatic imine (C=N–C) groups is 2. The molecule has 1 N–H and O–H groups in total. The summed E-state index contributed by atoms with van der Waals surface area (Å²) in [7, 11) is 0. The first kappa shape index (κ1) is 11.8. The zero-order valence-electron chi connectivity index (χ0n) is 10.7. The Balaban J connectivity index is 2.20. The maximum atomic E-state index is 4.64. The molecule has 0 saturated heterocycles. The SMILES string of the molecule is CC1=NC(C2(NC(C)C)CCCCC2)=NC1. The molecule has 16 heavy (non-hydrogen) atoms. The first-order valence-electron chi connectivity index (χ1n) is 6.49. The molecule has 90 valence electrons. The van der Waals surface area contributed by atoms with Crippen molar-refractivity contribution in [2.45, 2.75) is 64.5 Å². The molecule has 0 bridgehead atoms. The zero-order chi connectivity index (χ0) is 11.6. The third kappa shape index (κ3) is 2.34.